The lowest BCUT2D eigenvalue weighted by Gasteiger charge is -2.20. The maximum Gasteiger partial charge on any atom is 0.346 e. The summed E-state index contributed by atoms with van der Waals surface area (Å²) in [6.45, 7) is 1.68. The van der Waals surface area contributed by atoms with E-state index in [-0.39, 0.29) is 5.75 Å². The van der Waals surface area contributed by atoms with E-state index in [1.165, 1.54) is 24.4 Å². The average molecular weight is 372 g/mol. The molecule has 0 radical (unpaired) electrons. The summed E-state index contributed by atoms with van der Waals surface area (Å²) in [4.78, 5) is 24.8. The van der Waals surface area contributed by atoms with Crippen molar-refractivity contribution in [2.45, 2.75) is 25.3 Å². The van der Waals surface area contributed by atoms with E-state index in [0.717, 1.165) is 10.6 Å². The first-order chi connectivity index (χ1) is 12.4. The maximum atomic E-state index is 12.7. The van der Waals surface area contributed by atoms with E-state index < -0.39 is 17.5 Å². The van der Waals surface area contributed by atoms with E-state index >= 15 is 0 Å². The molecule has 0 unspecified atom stereocenters. The van der Waals surface area contributed by atoms with E-state index in [1.54, 1.807) is 6.92 Å². The number of hydrazone groups is 1. The van der Waals surface area contributed by atoms with Crippen LogP contribution in [0.1, 0.15) is 24.5 Å². The third-order valence-electron chi connectivity index (χ3n) is 4.30. The summed E-state index contributed by atoms with van der Waals surface area (Å²) in [5.41, 5.74) is 0.373. The summed E-state index contributed by atoms with van der Waals surface area (Å²) in [6.07, 6.45) is 2.34. The lowest BCUT2D eigenvalue weighted by Crippen LogP contribution is -2.44. The van der Waals surface area contributed by atoms with Crippen molar-refractivity contribution in [3.8, 4) is 5.75 Å². The number of halogens is 1. The van der Waals surface area contributed by atoms with Gasteiger partial charge in [-0.15, -0.1) is 5.01 Å². The van der Waals surface area contributed by atoms with E-state index in [9.17, 15) is 14.7 Å². The van der Waals surface area contributed by atoms with Gasteiger partial charge in [0.1, 0.15) is 11.3 Å². The predicted octanol–water partition coefficient (Wildman–Crippen LogP) is 3.32. The fraction of sp³-hybridized carbons (Fsp3) is 0.211. The Kier molecular flexibility index (Phi) is 4.95. The first kappa shape index (κ1) is 17.9. The lowest BCUT2D eigenvalue weighted by atomic mass is 9.93. The van der Waals surface area contributed by atoms with Gasteiger partial charge in [-0.05, 0) is 43.5 Å². The first-order valence-corrected chi connectivity index (χ1v) is 8.50. The molecule has 0 saturated carbocycles. The largest absolute Gasteiger partial charge is 0.507 e. The molecule has 1 atom stereocenters. The van der Waals surface area contributed by atoms with Gasteiger partial charge in [0.05, 0.1) is 6.21 Å². The molecule has 2 N–H and O–H groups in total. The number of nitrogens with one attached hydrogen (secondary N) is 1. The number of carbonyl (C=O) groups excluding carboxylic acids is 2. The number of nitrogens with zero attached hydrogens (tertiary/aromatic N) is 2. The number of rotatable bonds is 5. The molecule has 0 spiro atoms. The Hall–Kier alpha value is -2.86. The molecule has 6 nitrogen and oxygen atoms in total. The molecule has 1 aliphatic heterocycles. The van der Waals surface area contributed by atoms with Gasteiger partial charge in [-0.3, -0.25) is 4.79 Å². The molecule has 134 valence electrons. The quantitative estimate of drug-likeness (QED) is 0.624. The van der Waals surface area contributed by atoms with Crippen LogP contribution in [0.2, 0.25) is 5.02 Å². The highest BCUT2D eigenvalue weighted by molar-refractivity contribution is 6.30. The summed E-state index contributed by atoms with van der Waals surface area (Å²) in [7, 11) is 0. The Labute approximate surface area is 156 Å². The van der Waals surface area contributed by atoms with Crippen LogP contribution in [0.5, 0.6) is 5.75 Å². The molecule has 1 aliphatic rings. The topological polar surface area (TPSA) is 82.0 Å². The Morgan fingerprint density at radius 3 is 2.69 bits per heavy atom. The minimum absolute atomic E-state index is 0.0444. The number of urea groups is 1. The van der Waals surface area contributed by atoms with Crippen LogP contribution in [0.4, 0.5) is 4.79 Å². The van der Waals surface area contributed by atoms with E-state index in [1.807, 2.05) is 30.3 Å². The van der Waals surface area contributed by atoms with Crippen LogP contribution in [0.15, 0.2) is 53.6 Å². The smallest absolute Gasteiger partial charge is 0.346 e. The van der Waals surface area contributed by atoms with Crippen LogP contribution < -0.4 is 5.32 Å². The molecule has 26 heavy (non-hydrogen) atoms. The van der Waals surface area contributed by atoms with Gasteiger partial charge in [-0.1, -0.05) is 41.9 Å². The van der Waals surface area contributed by atoms with Crippen LogP contribution in [0.3, 0.4) is 0 Å². The SMILES string of the molecule is C[C@]1(CCc2ccccc2)NC(=O)N(/N=C/c2cc(Cl)ccc2O)C1=O. The molecule has 0 aromatic heterocycles. The number of benzene rings is 2. The maximum absolute atomic E-state index is 12.7. The van der Waals surface area contributed by atoms with Crippen molar-refractivity contribution >= 4 is 29.8 Å². The van der Waals surface area contributed by atoms with Gasteiger partial charge in [0.15, 0.2) is 0 Å². The number of amides is 3. The van der Waals surface area contributed by atoms with Gasteiger partial charge in [-0.25, -0.2) is 4.79 Å². The van der Waals surface area contributed by atoms with Gasteiger partial charge in [-0.2, -0.15) is 5.10 Å². The van der Waals surface area contributed by atoms with Crippen LogP contribution in [0, 0.1) is 0 Å². The number of phenols is 1. The number of carbonyl (C=O) groups is 2. The minimum atomic E-state index is -1.03. The van der Waals surface area contributed by atoms with Crippen LogP contribution >= 0.6 is 11.6 Å². The molecule has 1 fully saturated rings. The van der Waals surface area contributed by atoms with Crippen molar-refractivity contribution in [1.29, 1.82) is 0 Å². The summed E-state index contributed by atoms with van der Waals surface area (Å²) < 4.78 is 0. The minimum Gasteiger partial charge on any atom is -0.507 e. The third kappa shape index (κ3) is 3.70. The summed E-state index contributed by atoms with van der Waals surface area (Å²) in [5.74, 6) is -0.478. The monoisotopic (exact) mass is 371 g/mol. The molecule has 1 heterocycles. The second-order valence-corrected chi connectivity index (χ2v) is 6.75. The van der Waals surface area contributed by atoms with Gasteiger partial charge in [0.2, 0.25) is 0 Å². The molecule has 1 saturated heterocycles. The van der Waals surface area contributed by atoms with Gasteiger partial charge >= 0.3 is 6.03 Å². The second-order valence-electron chi connectivity index (χ2n) is 6.31. The normalized spacial score (nSPS) is 20.0. The molecule has 7 heteroatoms. The summed E-state index contributed by atoms with van der Waals surface area (Å²) >= 11 is 5.88. The van der Waals surface area contributed by atoms with Crippen LogP contribution in [-0.4, -0.2) is 33.8 Å². The Morgan fingerprint density at radius 1 is 1.23 bits per heavy atom. The summed E-state index contributed by atoms with van der Waals surface area (Å²) in [6, 6.07) is 13.6. The van der Waals surface area contributed by atoms with Crippen molar-refractivity contribution in [1.82, 2.24) is 10.3 Å². The zero-order valence-corrected chi connectivity index (χ0v) is 14.9. The van der Waals surface area contributed by atoms with Gasteiger partial charge in [0.25, 0.3) is 5.91 Å². The highest BCUT2D eigenvalue weighted by atomic mass is 35.5. The molecular formula is C19H18ClN3O3. The van der Waals surface area contributed by atoms with Crippen LogP contribution in [-0.2, 0) is 11.2 Å². The number of phenolic OH excluding ortho intramolecular Hbond substituents is 1. The highest BCUT2D eigenvalue weighted by Gasteiger charge is 2.47. The zero-order chi connectivity index (χ0) is 18.7. The second kappa shape index (κ2) is 7.17. The van der Waals surface area contributed by atoms with Gasteiger partial charge in [0, 0.05) is 10.6 Å². The Bertz CT molecular complexity index is 870. The molecule has 3 amide bonds. The highest BCUT2D eigenvalue weighted by Crippen LogP contribution is 2.24. The van der Waals surface area contributed by atoms with E-state index in [0.29, 0.717) is 23.4 Å². The van der Waals surface area contributed by atoms with Crippen molar-refractivity contribution in [2.24, 2.45) is 5.10 Å². The van der Waals surface area contributed by atoms with E-state index in [2.05, 4.69) is 10.4 Å². The number of hydrogen-bond donors (Lipinski definition) is 2. The van der Waals surface area contributed by atoms with Crippen LogP contribution in [0.25, 0.3) is 0 Å². The Balaban J connectivity index is 1.73. The number of aryl methyl sites for hydroxylation is 1. The fourth-order valence-electron chi connectivity index (χ4n) is 2.73. The van der Waals surface area contributed by atoms with Crippen molar-refractivity contribution < 1.29 is 14.7 Å². The number of aromatic hydroxyl groups is 1. The third-order valence-corrected chi connectivity index (χ3v) is 4.53. The fourth-order valence-corrected chi connectivity index (χ4v) is 2.91. The molecule has 3 rings (SSSR count). The molecule has 0 aliphatic carbocycles. The standard InChI is InChI=1S/C19H18ClN3O3/c1-19(10-9-13-5-3-2-4-6-13)17(25)23(18(26)22-19)21-12-14-11-15(20)7-8-16(14)24/h2-8,11-12,24H,9-10H2,1H3,(H,22,26)/b21-12+/t19-/m1/s1. The molecule has 0 bridgehead atoms. The number of hydrogen-bond acceptors (Lipinski definition) is 4. The molecule has 2 aromatic rings. The summed E-state index contributed by atoms with van der Waals surface area (Å²) in [5, 5.41) is 17.6. The van der Waals surface area contributed by atoms with Crippen molar-refractivity contribution in [3.63, 3.8) is 0 Å². The van der Waals surface area contributed by atoms with Crippen molar-refractivity contribution in [2.75, 3.05) is 0 Å². The number of imide groups is 1. The molecule has 2 aromatic carbocycles. The zero-order valence-electron chi connectivity index (χ0n) is 14.1. The van der Waals surface area contributed by atoms with Crippen molar-refractivity contribution in [3.05, 3.63) is 64.7 Å². The predicted molar refractivity (Wildman–Crippen MR) is 99.3 cm³/mol. The average Bonchev–Trinajstić information content (AvgIpc) is 2.84. The van der Waals surface area contributed by atoms with Gasteiger partial charge < -0.3 is 10.4 Å². The first-order valence-electron chi connectivity index (χ1n) is 8.12. The lowest BCUT2D eigenvalue weighted by molar-refractivity contribution is -0.130. The Morgan fingerprint density at radius 2 is 1.96 bits per heavy atom. The molecular weight excluding hydrogens is 354 g/mol. The van der Waals surface area contributed by atoms with E-state index in [4.69, 9.17) is 11.6 Å².